The molecular weight excluding hydrogens is 312 g/mol. The third kappa shape index (κ3) is 3.55. The largest absolute Gasteiger partial charge is 0.496 e. The average molecular weight is 336 g/mol. The summed E-state index contributed by atoms with van der Waals surface area (Å²) in [4.78, 5) is 0. The van der Waals surface area contributed by atoms with Crippen molar-refractivity contribution >= 4 is 0 Å². The van der Waals surface area contributed by atoms with Crippen molar-refractivity contribution in [2.24, 2.45) is 0 Å². The van der Waals surface area contributed by atoms with Crippen LogP contribution in [0.4, 0.5) is 0 Å². The Kier molecular flexibility index (Phi) is 5.12. The molecule has 5 nitrogen and oxygen atoms in total. The van der Waals surface area contributed by atoms with E-state index >= 15 is 0 Å². The lowest BCUT2D eigenvalue weighted by Gasteiger charge is -2.14. The number of hydrogen-bond acceptors (Lipinski definition) is 4. The summed E-state index contributed by atoms with van der Waals surface area (Å²) in [7, 11) is 1.71. The number of hydrogen-bond donors (Lipinski definition) is 0. The molecule has 0 saturated carbocycles. The minimum absolute atomic E-state index is 0.463. The Morgan fingerprint density at radius 2 is 1.88 bits per heavy atom. The molecule has 0 aliphatic carbocycles. The maximum Gasteiger partial charge on any atom is 0.182 e. The summed E-state index contributed by atoms with van der Waals surface area (Å²) in [5, 5.41) is 12.1. The van der Waals surface area contributed by atoms with Crippen molar-refractivity contribution in [3.8, 4) is 28.3 Å². The zero-order chi connectivity index (χ0) is 17.8. The SMILES string of the molecule is CCCn1nnnc1-c1cccc(-c2cc(C(C)C)ccc2OC)c1. The van der Waals surface area contributed by atoms with Crippen molar-refractivity contribution in [3.63, 3.8) is 0 Å². The van der Waals surface area contributed by atoms with Crippen molar-refractivity contribution in [1.29, 1.82) is 0 Å². The fourth-order valence-electron chi connectivity index (χ4n) is 2.91. The number of rotatable bonds is 6. The summed E-state index contributed by atoms with van der Waals surface area (Å²) >= 11 is 0. The van der Waals surface area contributed by atoms with Crippen molar-refractivity contribution in [2.45, 2.75) is 39.7 Å². The van der Waals surface area contributed by atoms with E-state index in [4.69, 9.17) is 4.74 Å². The number of aromatic nitrogens is 4. The quantitative estimate of drug-likeness (QED) is 0.663. The second kappa shape index (κ2) is 7.47. The first-order valence-electron chi connectivity index (χ1n) is 8.69. The molecule has 0 atom stereocenters. The molecule has 0 spiro atoms. The predicted molar refractivity (Wildman–Crippen MR) is 99.6 cm³/mol. The second-order valence-corrected chi connectivity index (χ2v) is 6.42. The van der Waals surface area contributed by atoms with Gasteiger partial charge in [0.15, 0.2) is 5.82 Å². The Balaban J connectivity index is 2.07. The first kappa shape index (κ1) is 17.1. The normalized spacial score (nSPS) is 11.1. The fraction of sp³-hybridized carbons (Fsp3) is 0.350. The lowest BCUT2D eigenvalue weighted by atomic mass is 9.95. The molecule has 0 radical (unpaired) electrons. The van der Waals surface area contributed by atoms with E-state index in [1.54, 1.807) is 7.11 Å². The Bertz CT molecular complexity index is 854. The van der Waals surface area contributed by atoms with Gasteiger partial charge >= 0.3 is 0 Å². The van der Waals surface area contributed by atoms with E-state index in [0.717, 1.165) is 41.2 Å². The van der Waals surface area contributed by atoms with Crippen LogP contribution in [0.2, 0.25) is 0 Å². The molecule has 130 valence electrons. The lowest BCUT2D eigenvalue weighted by Crippen LogP contribution is -2.02. The number of benzene rings is 2. The van der Waals surface area contributed by atoms with E-state index in [2.05, 4.69) is 60.6 Å². The van der Waals surface area contributed by atoms with Crippen LogP contribution in [0.3, 0.4) is 0 Å². The average Bonchev–Trinajstić information content (AvgIpc) is 3.10. The molecule has 5 heteroatoms. The first-order chi connectivity index (χ1) is 12.1. The molecule has 2 aromatic carbocycles. The van der Waals surface area contributed by atoms with E-state index < -0.39 is 0 Å². The molecule has 0 unspecified atom stereocenters. The molecule has 0 aliphatic rings. The molecule has 0 fully saturated rings. The molecule has 1 heterocycles. The van der Waals surface area contributed by atoms with E-state index in [1.165, 1.54) is 5.56 Å². The van der Waals surface area contributed by atoms with Crippen LogP contribution in [0.5, 0.6) is 5.75 Å². The Morgan fingerprint density at radius 3 is 2.60 bits per heavy atom. The molecule has 0 N–H and O–H groups in total. The van der Waals surface area contributed by atoms with Crippen LogP contribution in [0.15, 0.2) is 42.5 Å². The molecule has 0 aliphatic heterocycles. The van der Waals surface area contributed by atoms with Gasteiger partial charge < -0.3 is 4.74 Å². The summed E-state index contributed by atoms with van der Waals surface area (Å²) in [5.41, 5.74) is 4.48. The van der Waals surface area contributed by atoms with Gasteiger partial charge in [0.1, 0.15) is 5.75 Å². The summed E-state index contributed by atoms with van der Waals surface area (Å²) in [6.45, 7) is 7.31. The maximum absolute atomic E-state index is 5.58. The summed E-state index contributed by atoms with van der Waals surface area (Å²) in [6, 6.07) is 14.7. The summed E-state index contributed by atoms with van der Waals surface area (Å²) in [5.74, 6) is 2.13. The second-order valence-electron chi connectivity index (χ2n) is 6.42. The minimum atomic E-state index is 0.463. The van der Waals surface area contributed by atoms with Crippen molar-refractivity contribution < 1.29 is 4.74 Å². The Hall–Kier alpha value is -2.69. The van der Waals surface area contributed by atoms with Crippen LogP contribution >= 0.6 is 0 Å². The lowest BCUT2D eigenvalue weighted by molar-refractivity contribution is 0.416. The third-order valence-electron chi connectivity index (χ3n) is 4.29. The fourth-order valence-corrected chi connectivity index (χ4v) is 2.91. The molecule has 0 amide bonds. The van der Waals surface area contributed by atoms with Gasteiger partial charge in [-0.05, 0) is 52.1 Å². The van der Waals surface area contributed by atoms with Gasteiger partial charge in [-0.25, -0.2) is 4.68 Å². The predicted octanol–water partition coefficient (Wildman–Crippen LogP) is 4.55. The monoisotopic (exact) mass is 336 g/mol. The van der Waals surface area contributed by atoms with Gasteiger partial charge in [-0.3, -0.25) is 0 Å². The van der Waals surface area contributed by atoms with Crippen molar-refractivity contribution in [2.75, 3.05) is 7.11 Å². The highest BCUT2D eigenvalue weighted by Gasteiger charge is 2.13. The maximum atomic E-state index is 5.58. The van der Waals surface area contributed by atoms with Crippen LogP contribution in [-0.2, 0) is 6.54 Å². The summed E-state index contributed by atoms with van der Waals surface area (Å²) in [6.07, 6.45) is 0.988. The smallest absolute Gasteiger partial charge is 0.182 e. The van der Waals surface area contributed by atoms with E-state index in [0.29, 0.717) is 5.92 Å². The molecule has 0 saturated heterocycles. The molecular formula is C20H24N4O. The summed E-state index contributed by atoms with van der Waals surface area (Å²) < 4.78 is 7.43. The highest BCUT2D eigenvalue weighted by Crippen LogP contribution is 2.34. The Morgan fingerprint density at radius 1 is 1.08 bits per heavy atom. The van der Waals surface area contributed by atoms with Crippen LogP contribution in [0.1, 0.15) is 38.7 Å². The van der Waals surface area contributed by atoms with Gasteiger partial charge in [-0.15, -0.1) is 5.10 Å². The topological polar surface area (TPSA) is 52.8 Å². The highest BCUT2D eigenvalue weighted by atomic mass is 16.5. The number of tetrazole rings is 1. The third-order valence-corrected chi connectivity index (χ3v) is 4.29. The van der Waals surface area contributed by atoms with Gasteiger partial charge in [0.2, 0.25) is 0 Å². The number of methoxy groups -OCH3 is 1. The number of nitrogens with zero attached hydrogens (tertiary/aromatic N) is 4. The molecule has 3 rings (SSSR count). The van der Waals surface area contributed by atoms with Crippen molar-refractivity contribution in [1.82, 2.24) is 20.2 Å². The zero-order valence-electron chi connectivity index (χ0n) is 15.2. The molecule has 25 heavy (non-hydrogen) atoms. The zero-order valence-corrected chi connectivity index (χ0v) is 15.2. The van der Waals surface area contributed by atoms with Crippen molar-refractivity contribution in [3.05, 3.63) is 48.0 Å². The van der Waals surface area contributed by atoms with Gasteiger partial charge in [0.25, 0.3) is 0 Å². The minimum Gasteiger partial charge on any atom is -0.496 e. The standard InChI is InChI=1S/C20H24N4O/c1-5-11-24-20(21-22-23-24)17-8-6-7-16(12-17)18-13-15(14(2)3)9-10-19(18)25-4/h6-10,12-14H,5,11H2,1-4H3. The van der Waals surface area contributed by atoms with Gasteiger partial charge in [0.05, 0.1) is 7.11 Å². The highest BCUT2D eigenvalue weighted by molar-refractivity contribution is 5.75. The Labute approximate surface area is 148 Å². The van der Waals surface area contributed by atoms with E-state index in [9.17, 15) is 0 Å². The van der Waals surface area contributed by atoms with Crippen LogP contribution in [0, 0.1) is 0 Å². The van der Waals surface area contributed by atoms with Crippen LogP contribution in [-0.4, -0.2) is 27.3 Å². The molecule has 3 aromatic rings. The number of aryl methyl sites for hydroxylation is 1. The van der Waals surface area contributed by atoms with Gasteiger partial charge in [-0.1, -0.05) is 45.0 Å². The van der Waals surface area contributed by atoms with Gasteiger partial charge in [0, 0.05) is 17.7 Å². The van der Waals surface area contributed by atoms with E-state index in [-0.39, 0.29) is 0 Å². The first-order valence-corrected chi connectivity index (χ1v) is 8.69. The molecule has 1 aromatic heterocycles. The number of ether oxygens (including phenoxy) is 1. The van der Waals surface area contributed by atoms with E-state index in [1.807, 2.05) is 22.9 Å². The van der Waals surface area contributed by atoms with Crippen LogP contribution in [0.25, 0.3) is 22.5 Å². The molecule has 0 bridgehead atoms. The van der Waals surface area contributed by atoms with Crippen LogP contribution < -0.4 is 4.74 Å². The van der Waals surface area contributed by atoms with Gasteiger partial charge in [-0.2, -0.15) is 0 Å².